The number of hydrogen-bond acceptors (Lipinski definition) is 5. The van der Waals surface area contributed by atoms with Crippen LogP contribution in [0.2, 0.25) is 0 Å². The fourth-order valence-corrected chi connectivity index (χ4v) is 3.42. The molecule has 2 heterocycles. The summed E-state index contributed by atoms with van der Waals surface area (Å²) < 4.78 is 0. The fourth-order valence-electron chi connectivity index (χ4n) is 2.42. The van der Waals surface area contributed by atoms with Crippen LogP contribution >= 0.6 is 11.3 Å². The second kappa shape index (κ2) is 7.44. The molecule has 0 aliphatic rings. The standard InChI is InChI=1S/C19H20N4OS/c1-13-18(25-17(21-13)11-14-7-5-4-6-8-14)19(24)22-15-9-10-16(20-12-15)23(2)3/h4-10,12H,11H2,1-3H3,(H,22,24). The number of thiazole rings is 1. The number of benzene rings is 1. The molecule has 0 fully saturated rings. The number of nitrogens with zero attached hydrogens (tertiary/aromatic N) is 3. The Morgan fingerprint density at radius 1 is 1.16 bits per heavy atom. The van der Waals surface area contributed by atoms with Crippen LogP contribution in [-0.4, -0.2) is 30.0 Å². The second-order valence-corrected chi connectivity index (χ2v) is 7.02. The first-order valence-electron chi connectivity index (χ1n) is 7.98. The first-order chi connectivity index (χ1) is 12.0. The van der Waals surface area contributed by atoms with Gasteiger partial charge in [0.25, 0.3) is 5.91 Å². The number of aryl methyl sites for hydroxylation is 1. The summed E-state index contributed by atoms with van der Waals surface area (Å²) >= 11 is 1.44. The molecule has 0 unspecified atom stereocenters. The normalized spacial score (nSPS) is 10.5. The van der Waals surface area contributed by atoms with Gasteiger partial charge in [0.2, 0.25) is 0 Å². The maximum absolute atomic E-state index is 12.5. The van der Waals surface area contributed by atoms with Crippen molar-refractivity contribution in [2.75, 3.05) is 24.3 Å². The van der Waals surface area contributed by atoms with Gasteiger partial charge < -0.3 is 10.2 Å². The summed E-state index contributed by atoms with van der Waals surface area (Å²) in [6.45, 7) is 1.87. The van der Waals surface area contributed by atoms with Crippen LogP contribution in [0, 0.1) is 6.92 Å². The molecule has 1 N–H and O–H groups in total. The van der Waals surface area contributed by atoms with E-state index in [9.17, 15) is 4.79 Å². The molecule has 0 aliphatic heterocycles. The summed E-state index contributed by atoms with van der Waals surface area (Å²) in [5.41, 5.74) is 2.62. The monoisotopic (exact) mass is 352 g/mol. The molecular weight excluding hydrogens is 332 g/mol. The van der Waals surface area contributed by atoms with E-state index >= 15 is 0 Å². The molecule has 2 aromatic heterocycles. The van der Waals surface area contributed by atoms with Gasteiger partial charge in [0, 0.05) is 20.5 Å². The van der Waals surface area contributed by atoms with Crippen LogP contribution < -0.4 is 10.2 Å². The highest BCUT2D eigenvalue weighted by molar-refractivity contribution is 7.14. The fraction of sp³-hybridized carbons (Fsp3) is 0.211. The lowest BCUT2D eigenvalue weighted by Gasteiger charge is -2.11. The SMILES string of the molecule is Cc1nc(Cc2ccccc2)sc1C(=O)Nc1ccc(N(C)C)nc1. The smallest absolute Gasteiger partial charge is 0.267 e. The second-order valence-electron chi connectivity index (χ2n) is 5.94. The molecule has 0 bridgehead atoms. The van der Waals surface area contributed by atoms with Crippen molar-refractivity contribution in [3.05, 3.63) is 69.8 Å². The molecule has 0 saturated carbocycles. The van der Waals surface area contributed by atoms with Crippen molar-refractivity contribution in [1.82, 2.24) is 9.97 Å². The number of amides is 1. The predicted molar refractivity (Wildman–Crippen MR) is 103 cm³/mol. The first kappa shape index (κ1) is 17.1. The number of anilines is 2. The van der Waals surface area contributed by atoms with Crippen molar-refractivity contribution < 1.29 is 4.79 Å². The lowest BCUT2D eigenvalue weighted by Crippen LogP contribution is -2.13. The molecule has 0 spiro atoms. The van der Waals surface area contributed by atoms with Gasteiger partial charge in [-0.15, -0.1) is 11.3 Å². The quantitative estimate of drug-likeness (QED) is 0.760. The summed E-state index contributed by atoms with van der Waals surface area (Å²) in [7, 11) is 3.85. The average molecular weight is 352 g/mol. The van der Waals surface area contributed by atoms with E-state index in [0.29, 0.717) is 10.6 Å². The Bertz CT molecular complexity index is 857. The number of carbonyl (C=O) groups is 1. The number of aromatic nitrogens is 2. The van der Waals surface area contributed by atoms with E-state index in [1.165, 1.54) is 16.9 Å². The van der Waals surface area contributed by atoms with Gasteiger partial charge in [0.05, 0.1) is 22.6 Å². The molecule has 0 radical (unpaired) electrons. The van der Waals surface area contributed by atoms with Crippen LogP contribution in [0.5, 0.6) is 0 Å². The highest BCUT2D eigenvalue weighted by Gasteiger charge is 2.16. The summed E-state index contributed by atoms with van der Waals surface area (Å²) in [5, 5.41) is 3.83. The van der Waals surface area contributed by atoms with E-state index in [1.54, 1.807) is 6.20 Å². The zero-order chi connectivity index (χ0) is 17.8. The van der Waals surface area contributed by atoms with Gasteiger partial charge in [-0.05, 0) is 24.6 Å². The molecule has 25 heavy (non-hydrogen) atoms. The van der Waals surface area contributed by atoms with E-state index in [2.05, 4.69) is 27.4 Å². The molecule has 3 aromatic rings. The van der Waals surface area contributed by atoms with E-state index in [4.69, 9.17) is 0 Å². The van der Waals surface area contributed by atoms with E-state index in [-0.39, 0.29) is 5.91 Å². The Morgan fingerprint density at radius 3 is 2.56 bits per heavy atom. The maximum Gasteiger partial charge on any atom is 0.267 e. The highest BCUT2D eigenvalue weighted by atomic mass is 32.1. The van der Waals surface area contributed by atoms with Crippen LogP contribution in [0.25, 0.3) is 0 Å². The van der Waals surface area contributed by atoms with Crippen molar-refractivity contribution in [1.29, 1.82) is 0 Å². The van der Waals surface area contributed by atoms with Gasteiger partial charge in [-0.25, -0.2) is 9.97 Å². The molecule has 1 amide bonds. The Morgan fingerprint density at radius 2 is 1.92 bits per heavy atom. The van der Waals surface area contributed by atoms with E-state index < -0.39 is 0 Å². The minimum Gasteiger partial charge on any atom is -0.363 e. The van der Waals surface area contributed by atoms with Gasteiger partial charge in [-0.2, -0.15) is 0 Å². The number of carbonyl (C=O) groups excluding carboxylic acids is 1. The minimum absolute atomic E-state index is 0.145. The number of hydrogen-bond donors (Lipinski definition) is 1. The van der Waals surface area contributed by atoms with Crippen molar-refractivity contribution in [2.45, 2.75) is 13.3 Å². The third-order valence-electron chi connectivity index (χ3n) is 3.71. The Balaban J connectivity index is 1.71. The van der Waals surface area contributed by atoms with Crippen LogP contribution in [0.4, 0.5) is 11.5 Å². The van der Waals surface area contributed by atoms with E-state index in [0.717, 1.165) is 22.9 Å². The minimum atomic E-state index is -0.145. The van der Waals surface area contributed by atoms with Crippen molar-refractivity contribution in [2.24, 2.45) is 0 Å². The Kier molecular flexibility index (Phi) is 5.09. The lowest BCUT2D eigenvalue weighted by molar-refractivity contribution is 0.103. The molecule has 128 valence electrons. The van der Waals surface area contributed by atoms with Gasteiger partial charge >= 0.3 is 0 Å². The van der Waals surface area contributed by atoms with Crippen LogP contribution in [0.15, 0.2) is 48.7 Å². The van der Waals surface area contributed by atoms with Crippen molar-refractivity contribution >= 4 is 28.7 Å². The summed E-state index contributed by atoms with van der Waals surface area (Å²) in [6, 6.07) is 13.9. The predicted octanol–water partition coefficient (Wildman–Crippen LogP) is 3.76. The van der Waals surface area contributed by atoms with Crippen molar-refractivity contribution in [3.8, 4) is 0 Å². The highest BCUT2D eigenvalue weighted by Crippen LogP contribution is 2.22. The van der Waals surface area contributed by atoms with E-state index in [1.807, 2.05) is 56.3 Å². The largest absolute Gasteiger partial charge is 0.363 e. The van der Waals surface area contributed by atoms with Crippen molar-refractivity contribution in [3.63, 3.8) is 0 Å². The summed E-state index contributed by atoms with van der Waals surface area (Å²) in [6.07, 6.45) is 2.40. The molecule has 0 saturated heterocycles. The average Bonchev–Trinajstić information content (AvgIpc) is 2.96. The Labute approximate surface area is 151 Å². The first-order valence-corrected chi connectivity index (χ1v) is 8.79. The van der Waals surface area contributed by atoms with Crippen LogP contribution in [-0.2, 0) is 6.42 Å². The van der Waals surface area contributed by atoms with Crippen LogP contribution in [0.3, 0.4) is 0 Å². The Hall–Kier alpha value is -2.73. The number of nitrogens with one attached hydrogen (secondary N) is 1. The number of pyridine rings is 1. The molecule has 5 nitrogen and oxygen atoms in total. The third kappa shape index (κ3) is 4.22. The van der Waals surface area contributed by atoms with Gasteiger partial charge in [0.1, 0.15) is 10.7 Å². The lowest BCUT2D eigenvalue weighted by atomic mass is 10.2. The van der Waals surface area contributed by atoms with Crippen LogP contribution in [0.1, 0.15) is 25.9 Å². The molecular formula is C19H20N4OS. The topological polar surface area (TPSA) is 58.1 Å². The molecule has 0 atom stereocenters. The molecule has 6 heteroatoms. The third-order valence-corrected chi connectivity index (χ3v) is 4.87. The molecule has 0 aliphatic carbocycles. The summed E-state index contributed by atoms with van der Waals surface area (Å²) in [5.74, 6) is 0.700. The molecule has 1 aromatic carbocycles. The zero-order valence-corrected chi connectivity index (χ0v) is 15.3. The van der Waals surface area contributed by atoms with Gasteiger partial charge in [-0.3, -0.25) is 4.79 Å². The van der Waals surface area contributed by atoms with Gasteiger partial charge in [-0.1, -0.05) is 30.3 Å². The maximum atomic E-state index is 12.5. The number of rotatable bonds is 5. The molecule has 3 rings (SSSR count). The zero-order valence-electron chi connectivity index (χ0n) is 14.5. The summed E-state index contributed by atoms with van der Waals surface area (Å²) in [4.78, 5) is 23.9. The van der Waals surface area contributed by atoms with Gasteiger partial charge in [0.15, 0.2) is 0 Å².